The molecule has 0 aliphatic carbocycles. The van der Waals surface area contributed by atoms with E-state index in [1.54, 1.807) is 0 Å². The number of hydrogen-bond acceptors (Lipinski definition) is 2. The lowest BCUT2D eigenvalue weighted by Crippen LogP contribution is -2.08. The van der Waals surface area contributed by atoms with Crippen LogP contribution in [0.15, 0.2) is 35.9 Å². The van der Waals surface area contributed by atoms with Crippen molar-refractivity contribution in [3.63, 3.8) is 0 Å². The molecule has 2 rings (SSSR count). The highest BCUT2D eigenvalue weighted by Crippen LogP contribution is 2.24. The molecule has 0 amide bonds. The molecule has 1 aromatic heterocycles. The van der Waals surface area contributed by atoms with Crippen LogP contribution in [0.5, 0.6) is 0 Å². The van der Waals surface area contributed by atoms with Gasteiger partial charge in [0.2, 0.25) is 0 Å². The van der Waals surface area contributed by atoms with Crippen molar-refractivity contribution < 1.29 is 9.53 Å². The van der Waals surface area contributed by atoms with Gasteiger partial charge in [-0.05, 0) is 32.4 Å². The first-order valence-corrected chi connectivity index (χ1v) is 6.99. The van der Waals surface area contributed by atoms with Gasteiger partial charge in [-0.15, -0.1) is 0 Å². The van der Waals surface area contributed by atoms with Crippen molar-refractivity contribution in [2.24, 2.45) is 0 Å². The molecule has 0 atom stereocenters. The van der Waals surface area contributed by atoms with E-state index in [1.807, 2.05) is 31.2 Å². The summed E-state index contributed by atoms with van der Waals surface area (Å²) < 4.78 is 5.08. The molecule has 20 heavy (non-hydrogen) atoms. The van der Waals surface area contributed by atoms with E-state index in [1.165, 1.54) is 5.57 Å². The Labute approximate surface area is 119 Å². The second-order valence-corrected chi connectivity index (χ2v) is 5.10. The van der Waals surface area contributed by atoms with Gasteiger partial charge in [-0.2, -0.15) is 0 Å². The molecule has 2 aromatic rings. The number of aromatic amines is 1. The van der Waals surface area contributed by atoms with Gasteiger partial charge in [-0.3, -0.25) is 4.79 Å². The number of esters is 1. The number of ether oxygens (including phenoxy) is 1. The van der Waals surface area contributed by atoms with Crippen LogP contribution in [0, 0.1) is 0 Å². The largest absolute Gasteiger partial charge is 0.466 e. The molecule has 0 aliphatic heterocycles. The van der Waals surface area contributed by atoms with Gasteiger partial charge in [0.15, 0.2) is 0 Å². The summed E-state index contributed by atoms with van der Waals surface area (Å²) >= 11 is 0. The second-order valence-electron chi connectivity index (χ2n) is 5.10. The molecule has 0 saturated heterocycles. The molecule has 0 bridgehead atoms. The highest BCUT2D eigenvalue weighted by Gasteiger charge is 2.14. The van der Waals surface area contributed by atoms with Crippen LogP contribution in [0.2, 0.25) is 0 Å². The number of nitrogens with one attached hydrogen (secondary N) is 1. The lowest BCUT2D eigenvalue weighted by molar-refractivity contribution is -0.142. The fraction of sp³-hybridized carbons (Fsp3) is 0.353. The summed E-state index contributed by atoms with van der Waals surface area (Å²) in [4.78, 5) is 15.2. The minimum Gasteiger partial charge on any atom is -0.466 e. The van der Waals surface area contributed by atoms with E-state index in [0.29, 0.717) is 13.0 Å². The van der Waals surface area contributed by atoms with Crippen molar-refractivity contribution in [3.05, 3.63) is 47.2 Å². The first kappa shape index (κ1) is 14.4. The average molecular weight is 271 g/mol. The Morgan fingerprint density at radius 3 is 2.75 bits per heavy atom. The molecule has 1 aromatic carbocycles. The van der Waals surface area contributed by atoms with Gasteiger partial charge in [0.1, 0.15) is 0 Å². The van der Waals surface area contributed by atoms with E-state index < -0.39 is 0 Å². The van der Waals surface area contributed by atoms with Gasteiger partial charge in [0.05, 0.1) is 13.0 Å². The number of allylic oxidation sites excluding steroid dienone is 2. The topological polar surface area (TPSA) is 42.1 Å². The van der Waals surface area contributed by atoms with Crippen molar-refractivity contribution in [1.82, 2.24) is 4.98 Å². The third-order valence-corrected chi connectivity index (χ3v) is 3.24. The minimum atomic E-state index is -0.171. The maximum atomic E-state index is 11.8. The van der Waals surface area contributed by atoms with Crippen LogP contribution in [0.4, 0.5) is 0 Å². The van der Waals surface area contributed by atoms with Gasteiger partial charge < -0.3 is 9.72 Å². The zero-order valence-corrected chi connectivity index (χ0v) is 12.3. The van der Waals surface area contributed by atoms with E-state index in [9.17, 15) is 4.79 Å². The van der Waals surface area contributed by atoms with Crippen molar-refractivity contribution in [1.29, 1.82) is 0 Å². The van der Waals surface area contributed by atoms with Gasteiger partial charge >= 0.3 is 5.97 Å². The zero-order valence-electron chi connectivity index (χ0n) is 12.3. The molecular weight excluding hydrogens is 250 g/mol. The number of hydrogen-bond donors (Lipinski definition) is 1. The molecule has 106 valence electrons. The molecule has 1 heterocycles. The number of carbonyl (C=O) groups excluding carboxylic acids is 1. The van der Waals surface area contributed by atoms with Crippen LogP contribution >= 0.6 is 0 Å². The van der Waals surface area contributed by atoms with E-state index >= 15 is 0 Å². The zero-order chi connectivity index (χ0) is 14.5. The Balaban J connectivity index is 2.39. The summed E-state index contributed by atoms with van der Waals surface area (Å²) in [6, 6.07) is 8.08. The molecule has 3 nitrogen and oxygen atoms in total. The van der Waals surface area contributed by atoms with Crippen LogP contribution in [-0.2, 0) is 22.4 Å². The Hall–Kier alpha value is -2.03. The predicted molar refractivity (Wildman–Crippen MR) is 81.8 cm³/mol. The van der Waals surface area contributed by atoms with Crippen LogP contribution < -0.4 is 0 Å². The van der Waals surface area contributed by atoms with Gasteiger partial charge in [0.25, 0.3) is 0 Å². The molecule has 0 spiro atoms. The van der Waals surface area contributed by atoms with Crippen LogP contribution in [-0.4, -0.2) is 17.6 Å². The molecule has 0 radical (unpaired) electrons. The number of benzene rings is 1. The Morgan fingerprint density at radius 2 is 2.05 bits per heavy atom. The van der Waals surface area contributed by atoms with Crippen LogP contribution in [0.1, 0.15) is 32.0 Å². The van der Waals surface area contributed by atoms with E-state index in [0.717, 1.165) is 28.6 Å². The SMILES string of the molecule is CCOC(=O)Cc1c(CC=C(C)C)[nH]c2ccccc12. The van der Waals surface area contributed by atoms with Crippen molar-refractivity contribution in [2.45, 2.75) is 33.6 Å². The van der Waals surface area contributed by atoms with Crippen molar-refractivity contribution in [2.75, 3.05) is 6.61 Å². The number of carbonyl (C=O) groups is 1. The molecule has 0 unspecified atom stereocenters. The predicted octanol–water partition coefficient (Wildman–Crippen LogP) is 3.78. The molecular formula is C17H21NO2. The Kier molecular flexibility index (Phi) is 4.61. The summed E-state index contributed by atoms with van der Waals surface area (Å²) in [5, 5.41) is 1.11. The number of aromatic nitrogens is 1. The number of rotatable bonds is 5. The molecule has 0 aliphatic rings. The quantitative estimate of drug-likeness (QED) is 0.664. The van der Waals surface area contributed by atoms with Crippen molar-refractivity contribution in [3.8, 4) is 0 Å². The highest BCUT2D eigenvalue weighted by molar-refractivity contribution is 5.88. The van der Waals surface area contributed by atoms with E-state index in [2.05, 4.69) is 24.9 Å². The first-order valence-electron chi connectivity index (χ1n) is 6.99. The molecule has 0 fully saturated rings. The molecule has 0 saturated carbocycles. The number of para-hydroxylation sites is 1. The van der Waals surface area contributed by atoms with Gasteiger partial charge in [-0.25, -0.2) is 0 Å². The molecule has 1 N–H and O–H groups in total. The Bertz CT molecular complexity index is 633. The monoisotopic (exact) mass is 271 g/mol. The summed E-state index contributed by atoms with van der Waals surface area (Å²) in [7, 11) is 0. The van der Waals surface area contributed by atoms with Gasteiger partial charge in [-0.1, -0.05) is 29.8 Å². The van der Waals surface area contributed by atoms with Crippen molar-refractivity contribution >= 4 is 16.9 Å². The van der Waals surface area contributed by atoms with Crippen LogP contribution in [0.3, 0.4) is 0 Å². The minimum absolute atomic E-state index is 0.171. The molecule has 3 heteroatoms. The average Bonchev–Trinajstić information content (AvgIpc) is 2.75. The Morgan fingerprint density at radius 1 is 1.30 bits per heavy atom. The van der Waals surface area contributed by atoms with Crippen LogP contribution in [0.25, 0.3) is 10.9 Å². The van der Waals surface area contributed by atoms with Gasteiger partial charge in [0, 0.05) is 23.0 Å². The summed E-state index contributed by atoms with van der Waals surface area (Å²) in [6.07, 6.45) is 3.30. The normalized spacial score (nSPS) is 10.6. The standard InChI is InChI=1S/C17H21NO2/c1-4-20-17(19)11-14-13-7-5-6-8-15(13)18-16(14)10-9-12(2)3/h5-9,18H,4,10-11H2,1-3H3. The maximum absolute atomic E-state index is 11.8. The lowest BCUT2D eigenvalue weighted by Gasteiger charge is -2.04. The summed E-state index contributed by atoms with van der Waals surface area (Å²) in [6.45, 7) is 6.41. The van der Waals surface area contributed by atoms with E-state index in [4.69, 9.17) is 4.74 Å². The van der Waals surface area contributed by atoms with E-state index in [-0.39, 0.29) is 5.97 Å². The smallest absolute Gasteiger partial charge is 0.310 e. The number of fused-ring (bicyclic) bond motifs is 1. The fourth-order valence-corrected chi connectivity index (χ4v) is 2.29. The highest BCUT2D eigenvalue weighted by atomic mass is 16.5. The second kappa shape index (κ2) is 6.42. The third kappa shape index (κ3) is 3.29. The lowest BCUT2D eigenvalue weighted by atomic mass is 10.1. The summed E-state index contributed by atoms with van der Waals surface area (Å²) in [5.41, 5.74) is 4.49. The third-order valence-electron chi connectivity index (χ3n) is 3.24. The maximum Gasteiger partial charge on any atom is 0.310 e. The fourth-order valence-electron chi connectivity index (χ4n) is 2.29. The summed E-state index contributed by atoms with van der Waals surface area (Å²) in [5.74, 6) is -0.171. The number of H-pyrrole nitrogens is 1. The first-order chi connectivity index (χ1) is 9.61.